The third kappa shape index (κ3) is 2.64. The van der Waals surface area contributed by atoms with E-state index in [1.807, 2.05) is 31.2 Å². The number of nitrogens with zero attached hydrogens (tertiary/aromatic N) is 3. The predicted molar refractivity (Wildman–Crippen MR) is 78.4 cm³/mol. The SMILES string of the molecule is CC(c1nc2ccccc2s1)N(C)S(=O)(=O)N(C)C. The molecule has 0 saturated carbocycles. The van der Waals surface area contributed by atoms with E-state index in [1.165, 1.54) is 34.0 Å². The molecule has 19 heavy (non-hydrogen) atoms. The topological polar surface area (TPSA) is 53.5 Å². The quantitative estimate of drug-likeness (QED) is 0.868. The summed E-state index contributed by atoms with van der Waals surface area (Å²) in [4.78, 5) is 4.50. The van der Waals surface area contributed by atoms with Crippen LogP contribution in [0, 0.1) is 0 Å². The summed E-state index contributed by atoms with van der Waals surface area (Å²) in [6, 6.07) is 7.52. The second kappa shape index (κ2) is 5.16. The van der Waals surface area contributed by atoms with Gasteiger partial charge in [-0.25, -0.2) is 4.98 Å². The zero-order chi connectivity index (χ0) is 14.2. The number of hydrogen-bond donors (Lipinski definition) is 0. The van der Waals surface area contributed by atoms with E-state index in [0.717, 1.165) is 15.2 Å². The largest absolute Gasteiger partial charge is 0.281 e. The minimum Gasteiger partial charge on any atom is -0.239 e. The van der Waals surface area contributed by atoms with Crippen LogP contribution in [-0.4, -0.2) is 43.2 Å². The maximum atomic E-state index is 12.1. The van der Waals surface area contributed by atoms with Crippen LogP contribution in [0.4, 0.5) is 0 Å². The lowest BCUT2D eigenvalue weighted by Crippen LogP contribution is -2.38. The number of benzene rings is 1. The molecule has 1 aromatic heterocycles. The van der Waals surface area contributed by atoms with Gasteiger partial charge in [-0.15, -0.1) is 11.3 Å². The van der Waals surface area contributed by atoms with Gasteiger partial charge in [-0.2, -0.15) is 17.0 Å². The third-order valence-electron chi connectivity index (χ3n) is 3.04. The van der Waals surface area contributed by atoms with Crippen LogP contribution in [0.2, 0.25) is 0 Å². The van der Waals surface area contributed by atoms with Crippen LogP contribution in [-0.2, 0) is 10.2 Å². The third-order valence-corrected chi connectivity index (χ3v) is 6.21. The molecule has 104 valence electrons. The Bertz CT molecular complexity index is 646. The van der Waals surface area contributed by atoms with Crippen molar-refractivity contribution in [3.63, 3.8) is 0 Å². The first-order chi connectivity index (χ1) is 8.84. The van der Waals surface area contributed by atoms with Gasteiger partial charge in [0.1, 0.15) is 5.01 Å². The molecule has 1 unspecified atom stereocenters. The van der Waals surface area contributed by atoms with Crippen molar-refractivity contribution < 1.29 is 8.42 Å². The first kappa shape index (κ1) is 14.4. The maximum absolute atomic E-state index is 12.1. The molecule has 0 radical (unpaired) electrons. The predicted octanol–water partition coefficient (Wildman–Crippen LogP) is 2.10. The van der Waals surface area contributed by atoms with Gasteiger partial charge in [0.15, 0.2) is 0 Å². The Morgan fingerprint density at radius 3 is 2.42 bits per heavy atom. The molecule has 0 N–H and O–H groups in total. The van der Waals surface area contributed by atoms with Crippen molar-refractivity contribution in [3.05, 3.63) is 29.3 Å². The van der Waals surface area contributed by atoms with Crippen LogP contribution < -0.4 is 0 Å². The van der Waals surface area contributed by atoms with Crippen molar-refractivity contribution in [2.24, 2.45) is 0 Å². The average Bonchev–Trinajstić information content (AvgIpc) is 2.80. The lowest BCUT2D eigenvalue weighted by Gasteiger charge is -2.25. The number of thiazole rings is 1. The molecular formula is C12H17N3O2S2. The molecule has 0 fully saturated rings. The van der Waals surface area contributed by atoms with Crippen LogP contribution >= 0.6 is 11.3 Å². The van der Waals surface area contributed by atoms with E-state index in [-0.39, 0.29) is 6.04 Å². The first-order valence-electron chi connectivity index (χ1n) is 5.85. The van der Waals surface area contributed by atoms with Gasteiger partial charge in [-0.05, 0) is 19.1 Å². The summed E-state index contributed by atoms with van der Waals surface area (Å²) in [6.07, 6.45) is 0. The molecule has 1 aromatic carbocycles. The fourth-order valence-electron chi connectivity index (χ4n) is 1.68. The first-order valence-corrected chi connectivity index (χ1v) is 8.06. The van der Waals surface area contributed by atoms with Crippen molar-refractivity contribution in [1.82, 2.24) is 13.6 Å². The van der Waals surface area contributed by atoms with Crippen molar-refractivity contribution in [1.29, 1.82) is 0 Å². The molecule has 7 heteroatoms. The van der Waals surface area contributed by atoms with Crippen LogP contribution in [0.25, 0.3) is 10.2 Å². The molecule has 2 rings (SSSR count). The van der Waals surface area contributed by atoms with Gasteiger partial charge in [0.05, 0.1) is 16.3 Å². The Labute approximate surface area is 117 Å². The molecule has 1 atom stereocenters. The molecule has 0 aliphatic rings. The Hall–Kier alpha value is -1.02. The van der Waals surface area contributed by atoms with Crippen LogP contribution in [0.15, 0.2) is 24.3 Å². The summed E-state index contributed by atoms with van der Waals surface area (Å²) in [5, 5.41) is 0.800. The number of fused-ring (bicyclic) bond motifs is 1. The van der Waals surface area contributed by atoms with E-state index < -0.39 is 10.2 Å². The normalized spacial score (nSPS) is 14.4. The Balaban J connectivity index is 2.36. The van der Waals surface area contributed by atoms with Gasteiger partial charge in [-0.3, -0.25) is 0 Å². The van der Waals surface area contributed by atoms with Crippen molar-refractivity contribution in [2.45, 2.75) is 13.0 Å². The van der Waals surface area contributed by atoms with Gasteiger partial charge in [-0.1, -0.05) is 12.1 Å². The molecule has 0 saturated heterocycles. The van der Waals surface area contributed by atoms with Gasteiger partial charge in [0, 0.05) is 21.1 Å². The van der Waals surface area contributed by atoms with Gasteiger partial charge in [0.25, 0.3) is 10.2 Å². The molecule has 0 aliphatic heterocycles. The van der Waals surface area contributed by atoms with Crippen LogP contribution in [0.3, 0.4) is 0 Å². The van der Waals surface area contributed by atoms with Crippen molar-refractivity contribution in [3.8, 4) is 0 Å². The average molecular weight is 299 g/mol. The van der Waals surface area contributed by atoms with E-state index >= 15 is 0 Å². The number of aromatic nitrogens is 1. The monoisotopic (exact) mass is 299 g/mol. The second-order valence-electron chi connectivity index (χ2n) is 4.50. The maximum Gasteiger partial charge on any atom is 0.281 e. The zero-order valence-corrected chi connectivity index (χ0v) is 13.0. The fourth-order valence-corrected chi connectivity index (χ4v) is 3.83. The minimum absolute atomic E-state index is 0.287. The Morgan fingerprint density at radius 2 is 1.84 bits per heavy atom. The summed E-state index contributed by atoms with van der Waals surface area (Å²) in [6.45, 7) is 1.85. The van der Waals surface area contributed by atoms with E-state index in [9.17, 15) is 8.42 Å². The molecule has 0 amide bonds. The standard InChI is InChI=1S/C12H17N3O2S2/c1-9(15(4)19(16,17)14(2)3)12-13-10-7-5-6-8-11(10)18-12/h5-9H,1-4H3. The lowest BCUT2D eigenvalue weighted by molar-refractivity contribution is 0.364. The summed E-state index contributed by atoms with van der Waals surface area (Å²) < 4.78 is 27.8. The highest BCUT2D eigenvalue weighted by atomic mass is 32.2. The van der Waals surface area contributed by atoms with E-state index in [4.69, 9.17) is 0 Å². The smallest absolute Gasteiger partial charge is 0.239 e. The molecule has 0 aliphatic carbocycles. The highest BCUT2D eigenvalue weighted by Gasteiger charge is 2.28. The second-order valence-corrected chi connectivity index (χ2v) is 7.77. The number of hydrogen-bond acceptors (Lipinski definition) is 4. The van der Waals surface area contributed by atoms with Crippen LogP contribution in [0.1, 0.15) is 18.0 Å². The lowest BCUT2D eigenvalue weighted by atomic mass is 10.3. The van der Waals surface area contributed by atoms with Crippen molar-refractivity contribution in [2.75, 3.05) is 21.1 Å². The highest BCUT2D eigenvalue weighted by Crippen LogP contribution is 2.30. The summed E-state index contributed by atoms with van der Waals surface area (Å²) in [5.41, 5.74) is 0.907. The Morgan fingerprint density at radius 1 is 1.21 bits per heavy atom. The molecule has 0 bridgehead atoms. The number of rotatable bonds is 4. The molecule has 1 heterocycles. The summed E-state index contributed by atoms with van der Waals surface area (Å²) in [7, 11) is 1.20. The van der Waals surface area contributed by atoms with Crippen molar-refractivity contribution >= 4 is 31.8 Å². The molecule has 2 aromatic rings. The minimum atomic E-state index is -3.43. The molecule has 0 spiro atoms. The number of para-hydroxylation sites is 1. The van der Waals surface area contributed by atoms with Crippen LogP contribution in [0.5, 0.6) is 0 Å². The highest BCUT2D eigenvalue weighted by molar-refractivity contribution is 7.86. The fraction of sp³-hybridized carbons (Fsp3) is 0.417. The van der Waals surface area contributed by atoms with Gasteiger partial charge >= 0.3 is 0 Å². The van der Waals surface area contributed by atoms with E-state index in [0.29, 0.717) is 0 Å². The van der Waals surface area contributed by atoms with Gasteiger partial charge in [0.2, 0.25) is 0 Å². The zero-order valence-electron chi connectivity index (χ0n) is 11.4. The molecular weight excluding hydrogens is 282 g/mol. The Kier molecular flexibility index (Phi) is 3.91. The summed E-state index contributed by atoms with van der Waals surface area (Å²) >= 11 is 1.53. The van der Waals surface area contributed by atoms with E-state index in [2.05, 4.69) is 4.98 Å². The van der Waals surface area contributed by atoms with E-state index in [1.54, 1.807) is 7.05 Å². The summed E-state index contributed by atoms with van der Waals surface area (Å²) in [5.74, 6) is 0. The molecule has 5 nitrogen and oxygen atoms in total. The van der Waals surface area contributed by atoms with Gasteiger partial charge < -0.3 is 0 Å².